The average molecular weight is 286 g/mol. The summed E-state index contributed by atoms with van der Waals surface area (Å²) < 4.78 is 0. The van der Waals surface area contributed by atoms with Crippen LogP contribution in [0.4, 0.5) is 5.69 Å². The highest BCUT2D eigenvalue weighted by Gasteiger charge is 2.39. The van der Waals surface area contributed by atoms with Crippen LogP contribution in [0.5, 0.6) is 0 Å². The first kappa shape index (κ1) is 14.9. The van der Waals surface area contributed by atoms with Gasteiger partial charge in [-0.05, 0) is 63.1 Å². The van der Waals surface area contributed by atoms with Crippen molar-refractivity contribution in [2.24, 2.45) is 0 Å². The van der Waals surface area contributed by atoms with Crippen LogP contribution in [0.2, 0.25) is 0 Å². The van der Waals surface area contributed by atoms with Crippen molar-refractivity contribution in [3.63, 3.8) is 0 Å². The van der Waals surface area contributed by atoms with Crippen molar-refractivity contribution >= 4 is 5.69 Å². The molecular formula is C19H30N2. The summed E-state index contributed by atoms with van der Waals surface area (Å²) in [6.45, 7) is 7.92. The van der Waals surface area contributed by atoms with Crippen molar-refractivity contribution in [3.8, 4) is 0 Å². The lowest BCUT2D eigenvalue weighted by Gasteiger charge is -2.51. The molecule has 2 aliphatic heterocycles. The standard InChI is InChI=1S/C19H30N2/c1-4-15-9-6-8-14(3)19(15)21-17-10-7-11-18(21)13-16(12-17)20-5-2/h6,8-9,16-18,20H,4-5,7,10-13H2,1-3H3. The Labute approximate surface area is 129 Å². The molecule has 0 amide bonds. The monoisotopic (exact) mass is 286 g/mol. The van der Waals surface area contributed by atoms with Crippen LogP contribution >= 0.6 is 0 Å². The summed E-state index contributed by atoms with van der Waals surface area (Å²) in [5.41, 5.74) is 4.56. The van der Waals surface area contributed by atoms with Gasteiger partial charge in [-0.3, -0.25) is 0 Å². The van der Waals surface area contributed by atoms with Gasteiger partial charge >= 0.3 is 0 Å². The van der Waals surface area contributed by atoms with Gasteiger partial charge in [-0.2, -0.15) is 0 Å². The van der Waals surface area contributed by atoms with E-state index in [1.165, 1.54) is 43.2 Å². The Morgan fingerprint density at radius 1 is 1.14 bits per heavy atom. The molecule has 116 valence electrons. The van der Waals surface area contributed by atoms with Crippen LogP contribution in [0.15, 0.2) is 18.2 Å². The maximum atomic E-state index is 3.70. The van der Waals surface area contributed by atoms with Crippen LogP contribution in [0.1, 0.15) is 57.1 Å². The zero-order chi connectivity index (χ0) is 14.8. The molecule has 2 saturated heterocycles. The zero-order valence-corrected chi connectivity index (χ0v) is 13.9. The predicted molar refractivity (Wildman–Crippen MR) is 91.2 cm³/mol. The van der Waals surface area contributed by atoms with Gasteiger partial charge in [0.15, 0.2) is 0 Å². The summed E-state index contributed by atoms with van der Waals surface area (Å²) in [4.78, 5) is 2.81. The van der Waals surface area contributed by atoms with Gasteiger partial charge in [-0.1, -0.05) is 32.0 Å². The SMILES string of the molecule is CCNC1CC2CCCC(C1)N2c1c(C)cccc1CC. The number of aryl methyl sites for hydroxylation is 2. The Morgan fingerprint density at radius 3 is 2.48 bits per heavy atom. The van der Waals surface area contributed by atoms with E-state index in [2.05, 4.69) is 49.2 Å². The number of nitrogens with one attached hydrogen (secondary N) is 1. The molecule has 0 saturated carbocycles. The van der Waals surface area contributed by atoms with Crippen molar-refractivity contribution in [1.82, 2.24) is 5.32 Å². The van der Waals surface area contributed by atoms with Crippen molar-refractivity contribution in [2.75, 3.05) is 11.4 Å². The summed E-state index contributed by atoms with van der Waals surface area (Å²) >= 11 is 0. The van der Waals surface area contributed by atoms with E-state index in [-0.39, 0.29) is 0 Å². The highest BCUT2D eigenvalue weighted by Crippen LogP contribution is 2.40. The number of anilines is 1. The van der Waals surface area contributed by atoms with E-state index >= 15 is 0 Å². The Bertz CT molecular complexity index is 468. The van der Waals surface area contributed by atoms with E-state index in [9.17, 15) is 0 Å². The van der Waals surface area contributed by atoms with Crippen LogP contribution in [-0.4, -0.2) is 24.7 Å². The Morgan fingerprint density at radius 2 is 1.86 bits per heavy atom. The molecule has 1 N–H and O–H groups in total. The van der Waals surface area contributed by atoms with Crippen molar-refractivity contribution < 1.29 is 0 Å². The fourth-order valence-corrected chi connectivity index (χ4v) is 4.58. The fraction of sp³-hybridized carbons (Fsp3) is 0.684. The lowest BCUT2D eigenvalue weighted by molar-refractivity contribution is 0.247. The third-order valence-corrected chi connectivity index (χ3v) is 5.43. The van der Waals surface area contributed by atoms with E-state index in [0.717, 1.165) is 31.1 Å². The zero-order valence-electron chi connectivity index (χ0n) is 13.9. The minimum Gasteiger partial charge on any atom is -0.365 e. The van der Waals surface area contributed by atoms with Crippen molar-refractivity contribution in [2.45, 2.75) is 77.4 Å². The first-order valence-electron chi connectivity index (χ1n) is 8.84. The smallest absolute Gasteiger partial charge is 0.0433 e. The Balaban J connectivity index is 1.92. The first-order valence-corrected chi connectivity index (χ1v) is 8.84. The number of nitrogens with zero attached hydrogens (tertiary/aromatic N) is 1. The highest BCUT2D eigenvalue weighted by molar-refractivity contribution is 5.61. The summed E-state index contributed by atoms with van der Waals surface area (Å²) in [5.74, 6) is 0. The second-order valence-electron chi connectivity index (χ2n) is 6.81. The van der Waals surface area contributed by atoms with Gasteiger partial charge in [0.1, 0.15) is 0 Å². The van der Waals surface area contributed by atoms with E-state index in [0.29, 0.717) is 0 Å². The lowest BCUT2D eigenvalue weighted by atomic mass is 9.80. The summed E-state index contributed by atoms with van der Waals surface area (Å²) in [6, 6.07) is 9.06. The van der Waals surface area contributed by atoms with Gasteiger partial charge < -0.3 is 10.2 Å². The first-order chi connectivity index (χ1) is 10.2. The lowest BCUT2D eigenvalue weighted by Crippen LogP contribution is -2.57. The summed E-state index contributed by atoms with van der Waals surface area (Å²) in [7, 11) is 0. The van der Waals surface area contributed by atoms with Gasteiger partial charge in [0, 0.05) is 23.8 Å². The molecule has 0 aromatic heterocycles. The third kappa shape index (κ3) is 2.83. The van der Waals surface area contributed by atoms with Gasteiger partial charge in [-0.15, -0.1) is 0 Å². The minimum absolute atomic E-state index is 0.732. The average Bonchev–Trinajstić information content (AvgIpc) is 2.47. The molecule has 2 aliphatic rings. The quantitative estimate of drug-likeness (QED) is 0.898. The molecule has 1 aromatic rings. The number of para-hydroxylation sites is 1. The molecule has 2 heteroatoms. The number of benzene rings is 1. The number of rotatable bonds is 4. The van der Waals surface area contributed by atoms with Crippen LogP contribution in [0.25, 0.3) is 0 Å². The van der Waals surface area contributed by atoms with Gasteiger partial charge in [-0.25, -0.2) is 0 Å². The third-order valence-electron chi connectivity index (χ3n) is 5.43. The van der Waals surface area contributed by atoms with Crippen molar-refractivity contribution in [3.05, 3.63) is 29.3 Å². The molecule has 2 heterocycles. The van der Waals surface area contributed by atoms with Gasteiger partial charge in [0.05, 0.1) is 0 Å². The second kappa shape index (κ2) is 6.39. The van der Waals surface area contributed by atoms with Crippen LogP contribution < -0.4 is 10.2 Å². The van der Waals surface area contributed by atoms with Gasteiger partial charge in [0.25, 0.3) is 0 Å². The molecule has 3 rings (SSSR count). The predicted octanol–water partition coefficient (Wildman–Crippen LogP) is 4.06. The molecule has 2 unspecified atom stereocenters. The number of hydrogen-bond donors (Lipinski definition) is 1. The van der Waals surface area contributed by atoms with Crippen LogP contribution in [0.3, 0.4) is 0 Å². The molecular weight excluding hydrogens is 256 g/mol. The number of piperidine rings is 2. The van der Waals surface area contributed by atoms with Crippen molar-refractivity contribution in [1.29, 1.82) is 0 Å². The second-order valence-corrected chi connectivity index (χ2v) is 6.81. The Kier molecular flexibility index (Phi) is 4.54. The van der Waals surface area contributed by atoms with E-state index in [4.69, 9.17) is 0 Å². The molecule has 2 bridgehead atoms. The summed E-state index contributed by atoms with van der Waals surface area (Å²) in [5, 5.41) is 3.70. The maximum absolute atomic E-state index is 3.70. The topological polar surface area (TPSA) is 15.3 Å². The summed E-state index contributed by atoms with van der Waals surface area (Å²) in [6.07, 6.45) is 7.94. The number of fused-ring (bicyclic) bond motifs is 2. The van der Waals surface area contributed by atoms with E-state index in [1.54, 1.807) is 5.69 Å². The van der Waals surface area contributed by atoms with Gasteiger partial charge in [0.2, 0.25) is 0 Å². The molecule has 0 spiro atoms. The minimum atomic E-state index is 0.732. The molecule has 0 aliphatic carbocycles. The maximum Gasteiger partial charge on any atom is 0.0433 e. The number of hydrogen-bond acceptors (Lipinski definition) is 2. The largest absolute Gasteiger partial charge is 0.365 e. The highest BCUT2D eigenvalue weighted by atomic mass is 15.2. The molecule has 2 fully saturated rings. The Hall–Kier alpha value is -1.02. The normalized spacial score (nSPS) is 28.7. The van der Waals surface area contributed by atoms with Crippen LogP contribution in [0, 0.1) is 6.92 Å². The molecule has 2 nitrogen and oxygen atoms in total. The molecule has 0 radical (unpaired) electrons. The molecule has 1 aromatic carbocycles. The van der Waals surface area contributed by atoms with E-state index in [1.807, 2.05) is 0 Å². The molecule has 2 atom stereocenters. The molecule has 21 heavy (non-hydrogen) atoms. The van der Waals surface area contributed by atoms with E-state index < -0.39 is 0 Å². The fourth-order valence-electron chi connectivity index (χ4n) is 4.58. The van der Waals surface area contributed by atoms with Crippen LogP contribution in [-0.2, 0) is 6.42 Å².